The molecule has 1 fully saturated rings. The van der Waals surface area contributed by atoms with Gasteiger partial charge in [-0.1, -0.05) is 25.1 Å². The number of likely N-dealkylation sites (tertiary alicyclic amines) is 1. The molecule has 0 spiro atoms. The van der Waals surface area contributed by atoms with Crippen molar-refractivity contribution in [2.45, 2.75) is 19.4 Å². The number of Topliss-reactive ketones (excluding diaryl/α,β-unsaturated/α-hetero) is 1. The number of H-pyrrole nitrogens is 1. The maximum absolute atomic E-state index is 13.3. The predicted molar refractivity (Wildman–Crippen MR) is 104 cm³/mol. The molecule has 2 heterocycles. The van der Waals surface area contributed by atoms with Gasteiger partial charge in [-0.2, -0.15) is 0 Å². The van der Waals surface area contributed by atoms with Crippen molar-refractivity contribution in [2.75, 3.05) is 6.54 Å². The van der Waals surface area contributed by atoms with Crippen molar-refractivity contribution in [1.29, 1.82) is 0 Å². The summed E-state index contributed by atoms with van der Waals surface area (Å²) in [5.74, 6) is -2.12. The number of para-hydroxylation sites is 1. The van der Waals surface area contributed by atoms with Gasteiger partial charge >= 0.3 is 0 Å². The number of hydrogen-bond acceptors (Lipinski definition) is 3. The van der Waals surface area contributed by atoms with Crippen molar-refractivity contribution in [3.63, 3.8) is 0 Å². The Morgan fingerprint density at radius 3 is 2.57 bits per heavy atom. The number of fused-ring (bicyclic) bond motifs is 1. The van der Waals surface area contributed by atoms with Crippen LogP contribution in [0.15, 0.2) is 60.3 Å². The minimum Gasteiger partial charge on any atom is -0.507 e. The molecular formula is C22H19FN2O3. The largest absolute Gasteiger partial charge is 0.507 e. The topological polar surface area (TPSA) is 73.4 Å². The summed E-state index contributed by atoms with van der Waals surface area (Å²) in [7, 11) is 0. The Morgan fingerprint density at radius 1 is 1.14 bits per heavy atom. The third-order valence-electron chi connectivity index (χ3n) is 5.04. The van der Waals surface area contributed by atoms with E-state index in [9.17, 15) is 19.1 Å². The maximum atomic E-state index is 13.3. The highest BCUT2D eigenvalue weighted by Crippen LogP contribution is 2.41. The average Bonchev–Trinajstić information content (AvgIpc) is 3.23. The Morgan fingerprint density at radius 2 is 1.86 bits per heavy atom. The first-order valence-corrected chi connectivity index (χ1v) is 9.13. The summed E-state index contributed by atoms with van der Waals surface area (Å²) >= 11 is 0. The van der Waals surface area contributed by atoms with Gasteiger partial charge in [0.25, 0.3) is 11.7 Å². The van der Waals surface area contributed by atoms with Crippen LogP contribution >= 0.6 is 0 Å². The second-order valence-corrected chi connectivity index (χ2v) is 6.79. The molecule has 2 N–H and O–H groups in total. The zero-order valence-electron chi connectivity index (χ0n) is 15.3. The maximum Gasteiger partial charge on any atom is 0.295 e. The van der Waals surface area contributed by atoms with Gasteiger partial charge in [0, 0.05) is 34.8 Å². The Kier molecular flexibility index (Phi) is 4.47. The summed E-state index contributed by atoms with van der Waals surface area (Å²) in [5.41, 5.74) is 1.93. The number of amides is 1. The Hall–Kier alpha value is -3.41. The number of halogens is 1. The van der Waals surface area contributed by atoms with E-state index in [4.69, 9.17) is 0 Å². The van der Waals surface area contributed by atoms with Crippen LogP contribution in [0.1, 0.15) is 30.5 Å². The van der Waals surface area contributed by atoms with Crippen LogP contribution in [0.2, 0.25) is 0 Å². The molecule has 3 aromatic rings. The predicted octanol–water partition coefficient (Wildman–Crippen LogP) is 4.14. The molecule has 1 atom stereocenters. The van der Waals surface area contributed by atoms with Crippen LogP contribution in [0.5, 0.6) is 0 Å². The van der Waals surface area contributed by atoms with Crippen LogP contribution in [-0.2, 0) is 9.59 Å². The molecular weight excluding hydrogens is 359 g/mol. The quantitative estimate of drug-likeness (QED) is 0.407. The Balaban J connectivity index is 1.94. The van der Waals surface area contributed by atoms with Crippen molar-refractivity contribution in [3.05, 3.63) is 77.2 Å². The van der Waals surface area contributed by atoms with E-state index in [2.05, 4.69) is 4.98 Å². The number of nitrogens with one attached hydrogen (secondary N) is 1. The second kappa shape index (κ2) is 6.96. The molecule has 1 aliphatic rings. The zero-order valence-corrected chi connectivity index (χ0v) is 15.3. The number of carbonyl (C=O) groups excluding carboxylic acids is 2. The first-order chi connectivity index (χ1) is 13.5. The van der Waals surface area contributed by atoms with Gasteiger partial charge < -0.3 is 15.0 Å². The number of benzene rings is 2. The minimum absolute atomic E-state index is 0.0230. The number of aromatic nitrogens is 1. The van der Waals surface area contributed by atoms with Crippen molar-refractivity contribution in [1.82, 2.24) is 9.88 Å². The fourth-order valence-corrected chi connectivity index (χ4v) is 3.76. The summed E-state index contributed by atoms with van der Waals surface area (Å²) in [4.78, 5) is 30.2. The lowest BCUT2D eigenvalue weighted by Crippen LogP contribution is -2.30. The molecule has 28 heavy (non-hydrogen) atoms. The highest BCUT2D eigenvalue weighted by molar-refractivity contribution is 6.46. The standard InChI is InChI=1S/C22H19FN2O3/c1-2-11-25-19(16-12-24-17-6-4-3-5-15(16)17)18(21(27)22(25)28)20(26)13-7-9-14(23)10-8-13/h3-10,12,19,24,26H,2,11H2,1H3/b20-18+. The van der Waals surface area contributed by atoms with E-state index in [0.717, 1.165) is 16.5 Å². The lowest BCUT2D eigenvalue weighted by molar-refractivity contribution is -0.139. The van der Waals surface area contributed by atoms with Crippen molar-refractivity contribution in [3.8, 4) is 0 Å². The molecule has 1 aliphatic heterocycles. The third kappa shape index (κ3) is 2.78. The molecule has 4 rings (SSSR count). The highest BCUT2D eigenvalue weighted by atomic mass is 19.1. The lowest BCUT2D eigenvalue weighted by Gasteiger charge is -2.24. The number of hydrogen-bond donors (Lipinski definition) is 2. The summed E-state index contributed by atoms with van der Waals surface area (Å²) in [6.45, 7) is 2.31. The van der Waals surface area contributed by atoms with E-state index < -0.39 is 23.5 Å². The SMILES string of the molecule is CCCN1C(=O)C(=O)/C(=C(/O)c2ccc(F)cc2)C1c1c[nH]c2ccccc12. The van der Waals surface area contributed by atoms with Crippen LogP contribution in [0, 0.1) is 5.82 Å². The number of aliphatic hydroxyl groups is 1. The molecule has 6 heteroatoms. The minimum atomic E-state index is -0.731. The van der Waals surface area contributed by atoms with E-state index >= 15 is 0 Å². The molecule has 2 aromatic carbocycles. The first-order valence-electron chi connectivity index (χ1n) is 9.13. The summed E-state index contributed by atoms with van der Waals surface area (Å²) in [6, 6.07) is 12.1. The Bertz CT molecular complexity index is 1100. The van der Waals surface area contributed by atoms with Crippen molar-refractivity contribution in [2.24, 2.45) is 0 Å². The highest BCUT2D eigenvalue weighted by Gasteiger charge is 2.46. The second-order valence-electron chi connectivity index (χ2n) is 6.79. The number of nitrogens with zero attached hydrogens (tertiary/aromatic N) is 1. The van der Waals surface area contributed by atoms with Crippen LogP contribution in [-0.4, -0.2) is 33.2 Å². The van der Waals surface area contributed by atoms with E-state index in [-0.39, 0.29) is 11.3 Å². The molecule has 0 saturated carbocycles. The first kappa shape index (κ1) is 18.0. The van der Waals surface area contributed by atoms with E-state index in [1.165, 1.54) is 29.2 Å². The van der Waals surface area contributed by atoms with Gasteiger partial charge in [0.2, 0.25) is 0 Å². The smallest absolute Gasteiger partial charge is 0.295 e. The molecule has 1 saturated heterocycles. The van der Waals surface area contributed by atoms with Gasteiger partial charge in [-0.05, 0) is 36.8 Å². The van der Waals surface area contributed by atoms with E-state index in [1.54, 1.807) is 6.20 Å². The van der Waals surface area contributed by atoms with Crippen molar-refractivity contribution < 1.29 is 19.1 Å². The monoisotopic (exact) mass is 378 g/mol. The van der Waals surface area contributed by atoms with Gasteiger partial charge in [-0.15, -0.1) is 0 Å². The lowest BCUT2D eigenvalue weighted by atomic mass is 9.95. The Labute approximate surface area is 161 Å². The number of carbonyl (C=O) groups is 2. The molecule has 5 nitrogen and oxygen atoms in total. The van der Waals surface area contributed by atoms with Crippen LogP contribution in [0.3, 0.4) is 0 Å². The molecule has 0 radical (unpaired) electrons. The number of aliphatic hydroxyl groups excluding tert-OH is 1. The zero-order chi connectivity index (χ0) is 19.8. The van der Waals surface area contributed by atoms with Crippen LogP contribution in [0.25, 0.3) is 16.7 Å². The van der Waals surface area contributed by atoms with Crippen molar-refractivity contribution >= 4 is 28.4 Å². The molecule has 142 valence electrons. The molecule has 1 aromatic heterocycles. The molecule has 0 aliphatic carbocycles. The molecule has 1 unspecified atom stereocenters. The molecule has 1 amide bonds. The van der Waals surface area contributed by atoms with E-state index in [1.807, 2.05) is 31.2 Å². The van der Waals surface area contributed by atoms with Crippen LogP contribution < -0.4 is 0 Å². The third-order valence-corrected chi connectivity index (χ3v) is 5.04. The summed E-state index contributed by atoms with van der Waals surface area (Å²) < 4.78 is 13.3. The van der Waals surface area contributed by atoms with Gasteiger partial charge in [0.15, 0.2) is 0 Å². The van der Waals surface area contributed by atoms with Gasteiger partial charge in [0.1, 0.15) is 11.6 Å². The van der Waals surface area contributed by atoms with Gasteiger partial charge in [-0.3, -0.25) is 9.59 Å². The fourth-order valence-electron chi connectivity index (χ4n) is 3.76. The summed E-state index contributed by atoms with van der Waals surface area (Å²) in [6.07, 6.45) is 2.43. The van der Waals surface area contributed by atoms with Crippen LogP contribution in [0.4, 0.5) is 4.39 Å². The number of rotatable bonds is 4. The normalized spacial score (nSPS) is 18.9. The summed E-state index contributed by atoms with van der Waals surface area (Å²) in [5, 5.41) is 11.7. The average molecular weight is 378 g/mol. The number of ketones is 1. The fraction of sp³-hybridized carbons (Fsp3) is 0.182. The molecule has 0 bridgehead atoms. The van der Waals surface area contributed by atoms with Gasteiger partial charge in [0.05, 0.1) is 11.6 Å². The number of aromatic amines is 1. The van der Waals surface area contributed by atoms with E-state index in [0.29, 0.717) is 18.5 Å². The van der Waals surface area contributed by atoms with Gasteiger partial charge in [-0.25, -0.2) is 4.39 Å².